The van der Waals surface area contributed by atoms with Gasteiger partial charge in [-0.25, -0.2) is 21.6 Å². The van der Waals surface area contributed by atoms with Crippen molar-refractivity contribution >= 4 is 21.6 Å². The number of hydrogen-bond donors (Lipinski definition) is 2. The summed E-state index contributed by atoms with van der Waals surface area (Å²) in [6, 6.07) is 13.8. The molecule has 3 aromatic rings. The van der Waals surface area contributed by atoms with Crippen molar-refractivity contribution in [2.75, 3.05) is 5.32 Å². The maximum absolute atomic E-state index is 13.9. The molecule has 9 heteroatoms. The van der Waals surface area contributed by atoms with Gasteiger partial charge in [-0.1, -0.05) is 30.3 Å². The van der Waals surface area contributed by atoms with Gasteiger partial charge in [-0.05, 0) is 48.4 Å². The van der Waals surface area contributed by atoms with Crippen LogP contribution >= 0.6 is 0 Å². The highest BCUT2D eigenvalue weighted by Gasteiger charge is 2.27. The van der Waals surface area contributed by atoms with Crippen LogP contribution in [0, 0.1) is 17.5 Å². The van der Waals surface area contributed by atoms with Crippen LogP contribution in [0.15, 0.2) is 77.7 Å². The van der Waals surface area contributed by atoms with E-state index in [0.717, 1.165) is 42.5 Å². The Balaban J connectivity index is 1.88. The van der Waals surface area contributed by atoms with Gasteiger partial charge in [-0.2, -0.15) is 4.72 Å². The summed E-state index contributed by atoms with van der Waals surface area (Å²) in [5.74, 6) is -3.13. The highest BCUT2D eigenvalue weighted by atomic mass is 32.2. The topological polar surface area (TPSA) is 75.3 Å². The number of nitrogens with one attached hydrogen (secondary N) is 2. The lowest BCUT2D eigenvalue weighted by molar-refractivity contribution is -0.117. The third kappa shape index (κ3) is 5.46. The molecule has 3 aromatic carbocycles. The van der Waals surface area contributed by atoms with Crippen LogP contribution in [0.4, 0.5) is 18.9 Å². The number of anilines is 1. The molecule has 0 aromatic heterocycles. The van der Waals surface area contributed by atoms with E-state index in [1.807, 2.05) is 0 Å². The molecule has 0 spiro atoms. The SMILES string of the molecule is O=C(Nc1cc(F)ccc1F)[C@@H](Cc1ccccc1)NS(=O)(=O)c1ccc(F)cc1. The number of carbonyl (C=O) groups is 1. The molecule has 1 amide bonds. The van der Waals surface area contributed by atoms with Gasteiger partial charge in [0.15, 0.2) is 0 Å². The molecule has 0 aliphatic carbocycles. The van der Waals surface area contributed by atoms with Crippen molar-refractivity contribution in [3.63, 3.8) is 0 Å². The van der Waals surface area contributed by atoms with Gasteiger partial charge in [-0.15, -0.1) is 0 Å². The summed E-state index contributed by atoms with van der Waals surface area (Å²) in [4.78, 5) is 12.5. The third-order valence-electron chi connectivity index (χ3n) is 4.21. The standard InChI is InChI=1S/C21H17F3N2O3S/c22-15-6-9-17(10-7-15)30(28,29)26-20(12-14-4-2-1-3-5-14)21(27)25-19-13-16(23)8-11-18(19)24/h1-11,13,20,26H,12H2,(H,25,27)/t20-/m1/s1. The quantitative estimate of drug-likeness (QED) is 0.596. The lowest BCUT2D eigenvalue weighted by Crippen LogP contribution is -2.45. The Morgan fingerprint density at radius 3 is 2.17 bits per heavy atom. The molecular weight excluding hydrogens is 417 g/mol. The van der Waals surface area contributed by atoms with Gasteiger partial charge in [0.25, 0.3) is 0 Å². The van der Waals surface area contributed by atoms with E-state index in [9.17, 15) is 26.4 Å². The molecule has 0 bridgehead atoms. The van der Waals surface area contributed by atoms with Gasteiger partial charge in [0.1, 0.15) is 23.5 Å². The number of halogens is 3. The average Bonchev–Trinajstić information content (AvgIpc) is 2.71. The first-order valence-electron chi connectivity index (χ1n) is 8.82. The van der Waals surface area contributed by atoms with Crippen LogP contribution in [0.2, 0.25) is 0 Å². The van der Waals surface area contributed by atoms with E-state index in [-0.39, 0.29) is 11.3 Å². The molecule has 0 fully saturated rings. The molecule has 0 radical (unpaired) electrons. The molecule has 0 unspecified atom stereocenters. The fraction of sp³-hybridized carbons (Fsp3) is 0.0952. The number of rotatable bonds is 7. The molecule has 0 aliphatic rings. The van der Waals surface area contributed by atoms with Crippen molar-refractivity contribution in [1.29, 1.82) is 0 Å². The monoisotopic (exact) mass is 434 g/mol. The molecule has 156 valence electrons. The second kappa shape index (κ2) is 9.10. The van der Waals surface area contributed by atoms with Crippen molar-refractivity contribution in [2.24, 2.45) is 0 Å². The minimum Gasteiger partial charge on any atom is -0.322 e. The smallest absolute Gasteiger partial charge is 0.242 e. The molecule has 5 nitrogen and oxygen atoms in total. The van der Waals surface area contributed by atoms with Crippen LogP contribution in [0.25, 0.3) is 0 Å². The van der Waals surface area contributed by atoms with Crippen LogP contribution in [0.3, 0.4) is 0 Å². The maximum atomic E-state index is 13.9. The Morgan fingerprint density at radius 2 is 1.50 bits per heavy atom. The van der Waals surface area contributed by atoms with Crippen molar-refractivity contribution in [1.82, 2.24) is 4.72 Å². The predicted molar refractivity (Wildman–Crippen MR) is 106 cm³/mol. The zero-order valence-corrected chi connectivity index (χ0v) is 16.3. The normalized spacial score (nSPS) is 12.4. The second-order valence-electron chi connectivity index (χ2n) is 6.43. The van der Waals surface area contributed by atoms with E-state index >= 15 is 0 Å². The van der Waals surface area contributed by atoms with Crippen LogP contribution in [-0.4, -0.2) is 20.4 Å². The summed E-state index contributed by atoms with van der Waals surface area (Å²) >= 11 is 0. The zero-order chi connectivity index (χ0) is 21.7. The molecule has 3 rings (SSSR count). The number of carbonyl (C=O) groups excluding carboxylic acids is 1. The highest BCUT2D eigenvalue weighted by molar-refractivity contribution is 7.89. The van der Waals surface area contributed by atoms with Crippen LogP contribution in [-0.2, 0) is 21.2 Å². The Hall–Kier alpha value is -3.17. The van der Waals surface area contributed by atoms with Crippen molar-refractivity contribution in [3.05, 3.63) is 95.8 Å². The minimum absolute atomic E-state index is 0.0516. The van der Waals surface area contributed by atoms with Crippen LogP contribution in [0.5, 0.6) is 0 Å². The van der Waals surface area contributed by atoms with Crippen LogP contribution < -0.4 is 10.0 Å². The molecule has 0 saturated heterocycles. The van der Waals surface area contributed by atoms with Gasteiger partial charge in [-0.3, -0.25) is 4.79 Å². The van der Waals surface area contributed by atoms with Gasteiger partial charge < -0.3 is 5.32 Å². The Labute approximate surface area is 171 Å². The average molecular weight is 434 g/mol. The minimum atomic E-state index is -4.20. The number of hydrogen-bond acceptors (Lipinski definition) is 3. The summed E-state index contributed by atoms with van der Waals surface area (Å²) in [5.41, 5.74) is 0.221. The molecule has 0 saturated carbocycles. The number of amides is 1. The summed E-state index contributed by atoms with van der Waals surface area (Å²) in [7, 11) is -4.20. The highest BCUT2D eigenvalue weighted by Crippen LogP contribution is 2.17. The largest absolute Gasteiger partial charge is 0.322 e. The van der Waals surface area contributed by atoms with Crippen LogP contribution in [0.1, 0.15) is 5.56 Å². The zero-order valence-electron chi connectivity index (χ0n) is 15.5. The second-order valence-corrected chi connectivity index (χ2v) is 8.14. The fourth-order valence-electron chi connectivity index (χ4n) is 2.72. The van der Waals surface area contributed by atoms with E-state index in [2.05, 4.69) is 10.0 Å². The van der Waals surface area contributed by atoms with E-state index < -0.39 is 45.1 Å². The van der Waals surface area contributed by atoms with Crippen molar-refractivity contribution in [3.8, 4) is 0 Å². The summed E-state index contributed by atoms with van der Waals surface area (Å²) in [5, 5.41) is 2.21. The van der Waals surface area contributed by atoms with Gasteiger partial charge in [0.2, 0.25) is 15.9 Å². The maximum Gasteiger partial charge on any atom is 0.242 e. The first-order chi connectivity index (χ1) is 14.2. The van der Waals surface area contributed by atoms with Gasteiger partial charge >= 0.3 is 0 Å². The Bertz CT molecular complexity index is 1140. The van der Waals surface area contributed by atoms with E-state index in [0.29, 0.717) is 5.56 Å². The van der Waals surface area contributed by atoms with Gasteiger partial charge in [0.05, 0.1) is 10.6 Å². The number of sulfonamides is 1. The molecule has 1 atom stereocenters. The Morgan fingerprint density at radius 1 is 0.867 bits per heavy atom. The summed E-state index contributed by atoms with van der Waals surface area (Å²) in [6.45, 7) is 0. The van der Waals surface area contributed by atoms with E-state index in [1.54, 1.807) is 30.3 Å². The lowest BCUT2D eigenvalue weighted by Gasteiger charge is -2.19. The first kappa shape index (κ1) is 21.5. The lowest BCUT2D eigenvalue weighted by atomic mass is 10.1. The third-order valence-corrected chi connectivity index (χ3v) is 5.69. The van der Waals surface area contributed by atoms with E-state index in [1.165, 1.54) is 0 Å². The summed E-state index contributed by atoms with van der Waals surface area (Å²) in [6.07, 6.45) is -0.0516. The molecular formula is C21H17F3N2O3S. The van der Waals surface area contributed by atoms with Crippen molar-refractivity contribution < 1.29 is 26.4 Å². The molecule has 0 aliphatic heterocycles. The summed E-state index contributed by atoms with van der Waals surface area (Å²) < 4.78 is 68.0. The molecule has 2 N–H and O–H groups in total. The number of benzene rings is 3. The molecule has 30 heavy (non-hydrogen) atoms. The Kier molecular flexibility index (Phi) is 6.53. The fourth-order valence-corrected chi connectivity index (χ4v) is 3.92. The predicted octanol–water partition coefficient (Wildman–Crippen LogP) is 3.63. The first-order valence-corrected chi connectivity index (χ1v) is 10.3. The van der Waals surface area contributed by atoms with Gasteiger partial charge in [0, 0.05) is 6.07 Å². The molecule has 0 heterocycles. The van der Waals surface area contributed by atoms with E-state index in [4.69, 9.17) is 0 Å². The van der Waals surface area contributed by atoms with Crippen molar-refractivity contribution in [2.45, 2.75) is 17.4 Å².